The van der Waals surface area contributed by atoms with E-state index in [4.69, 9.17) is 5.73 Å². The number of benzene rings is 1. The zero-order valence-corrected chi connectivity index (χ0v) is 12.1. The molecule has 0 aliphatic carbocycles. The number of aryl methyl sites for hydroxylation is 1. The lowest BCUT2D eigenvalue weighted by Gasteiger charge is -2.31. The van der Waals surface area contributed by atoms with E-state index in [1.165, 1.54) is 6.07 Å². The van der Waals surface area contributed by atoms with Crippen LogP contribution < -0.4 is 5.73 Å². The first-order chi connectivity index (χ1) is 9.49. The molecule has 0 fully saturated rings. The molecule has 108 valence electrons. The van der Waals surface area contributed by atoms with E-state index in [9.17, 15) is 4.39 Å². The van der Waals surface area contributed by atoms with Gasteiger partial charge in [-0.1, -0.05) is 18.2 Å². The third-order valence-corrected chi connectivity index (χ3v) is 3.39. The topological polar surface area (TPSA) is 47.1 Å². The molecule has 0 spiro atoms. The predicted molar refractivity (Wildman–Crippen MR) is 77.5 cm³/mol. The van der Waals surface area contributed by atoms with Crippen LogP contribution in [0.5, 0.6) is 0 Å². The third kappa shape index (κ3) is 3.23. The summed E-state index contributed by atoms with van der Waals surface area (Å²) in [5, 5.41) is 4.15. The van der Waals surface area contributed by atoms with E-state index in [2.05, 4.69) is 10.00 Å². The van der Waals surface area contributed by atoms with Crippen LogP contribution >= 0.6 is 0 Å². The van der Waals surface area contributed by atoms with E-state index in [-0.39, 0.29) is 17.9 Å². The molecule has 0 amide bonds. The van der Waals surface area contributed by atoms with Gasteiger partial charge in [0.15, 0.2) is 0 Å². The molecule has 0 radical (unpaired) electrons. The van der Waals surface area contributed by atoms with Crippen LogP contribution in [0, 0.1) is 5.82 Å². The van der Waals surface area contributed by atoms with Gasteiger partial charge in [0.05, 0.1) is 12.2 Å². The van der Waals surface area contributed by atoms with Crippen LogP contribution in [0.15, 0.2) is 36.7 Å². The number of hydrogen-bond acceptors (Lipinski definition) is 3. The first-order valence-corrected chi connectivity index (χ1v) is 6.67. The van der Waals surface area contributed by atoms with E-state index in [0.29, 0.717) is 12.1 Å². The highest BCUT2D eigenvalue weighted by Gasteiger charge is 2.24. The number of nitrogens with zero attached hydrogens (tertiary/aromatic N) is 3. The van der Waals surface area contributed by atoms with Gasteiger partial charge < -0.3 is 5.73 Å². The standard InChI is InChI=1S/C15H21FN4/c1-11(17)15(13-6-4-5-7-14(13)16)19(2)9-12-8-18-20(3)10-12/h4-8,10-11,15H,9,17H2,1-3H3. The van der Waals surface area contributed by atoms with E-state index in [0.717, 1.165) is 5.56 Å². The van der Waals surface area contributed by atoms with Crippen LogP contribution in [0.4, 0.5) is 4.39 Å². The van der Waals surface area contributed by atoms with E-state index < -0.39 is 0 Å². The first-order valence-electron chi connectivity index (χ1n) is 6.67. The molecule has 0 aliphatic rings. The van der Waals surface area contributed by atoms with Crippen molar-refractivity contribution < 1.29 is 4.39 Å². The van der Waals surface area contributed by atoms with Crippen molar-refractivity contribution in [2.75, 3.05) is 7.05 Å². The molecule has 20 heavy (non-hydrogen) atoms. The highest BCUT2D eigenvalue weighted by molar-refractivity contribution is 5.23. The Morgan fingerprint density at radius 3 is 2.65 bits per heavy atom. The van der Waals surface area contributed by atoms with Crippen molar-refractivity contribution in [3.05, 3.63) is 53.6 Å². The Morgan fingerprint density at radius 2 is 2.10 bits per heavy atom. The van der Waals surface area contributed by atoms with Crippen molar-refractivity contribution >= 4 is 0 Å². The summed E-state index contributed by atoms with van der Waals surface area (Å²) in [4.78, 5) is 2.06. The van der Waals surface area contributed by atoms with Crippen molar-refractivity contribution in [2.24, 2.45) is 12.8 Å². The van der Waals surface area contributed by atoms with Gasteiger partial charge in [-0.3, -0.25) is 9.58 Å². The molecule has 0 saturated carbocycles. The number of aromatic nitrogens is 2. The minimum absolute atomic E-state index is 0.170. The largest absolute Gasteiger partial charge is 0.326 e. The summed E-state index contributed by atoms with van der Waals surface area (Å²) in [7, 11) is 3.83. The maximum Gasteiger partial charge on any atom is 0.128 e. The molecule has 1 aromatic heterocycles. The minimum Gasteiger partial charge on any atom is -0.326 e. The van der Waals surface area contributed by atoms with Gasteiger partial charge in [-0.15, -0.1) is 0 Å². The van der Waals surface area contributed by atoms with Crippen LogP contribution in [0.1, 0.15) is 24.1 Å². The Hall–Kier alpha value is -1.72. The summed E-state index contributed by atoms with van der Waals surface area (Å²) >= 11 is 0. The molecular weight excluding hydrogens is 255 g/mol. The molecule has 1 aromatic carbocycles. The Balaban J connectivity index is 2.22. The summed E-state index contributed by atoms with van der Waals surface area (Å²) in [6, 6.07) is 6.46. The molecule has 5 heteroatoms. The molecule has 2 N–H and O–H groups in total. The van der Waals surface area contributed by atoms with Crippen molar-refractivity contribution in [1.29, 1.82) is 0 Å². The lowest BCUT2D eigenvalue weighted by atomic mass is 9.98. The number of rotatable bonds is 5. The lowest BCUT2D eigenvalue weighted by molar-refractivity contribution is 0.206. The molecule has 2 aromatic rings. The number of likely N-dealkylation sites (N-methyl/N-ethyl adjacent to an activating group) is 1. The van der Waals surface area contributed by atoms with Crippen LogP contribution in [0.25, 0.3) is 0 Å². The van der Waals surface area contributed by atoms with Crippen LogP contribution in [0.3, 0.4) is 0 Å². The van der Waals surface area contributed by atoms with Gasteiger partial charge in [-0.05, 0) is 20.0 Å². The van der Waals surface area contributed by atoms with E-state index in [1.54, 1.807) is 16.8 Å². The van der Waals surface area contributed by atoms with Crippen molar-refractivity contribution in [2.45, 2.75) is 25.6 Å². The lowest BCUT2D eigenvalue weighted by Crippen LogP contribution is -2.37. The van der Waals surface area contributed by atoms with Gasteiger partial charge in [0.25, 0.3) is 0 Å². The average Bonchev–Trinajstić information content (AvgIpc) is 2.77. The SMILES string of the molecule is CC(N)C(c1ccccc1F)N(C)Cc1cnn(C)c1. The second-order valence-electron chi connectivity index (χ2n) is 5.26. The number of halogens is 1. The Kier molecular flexibility index (Phi) is 4.52. The predicted octanol–water partition coefficient (Wildman–Crippen LogP) is 2.08. The molecule has 0 bridgehead atoms. The van der Waals surface area contributed by atoms with Gasteiger partial charge in [-0.2, -0.15) is 5.10 Å². The summed E-state index contributed by atoms with van der Waals surface area (Å²) in [5.74, 6) is -0.215. The summed E-state index contributed by atoms with van der Waals surface area (Å²) in [6.45, 7) is 2.57. The Morgan fingerprint density at radius 1 is 1.40 bits per heavy atom. The summed E-state index contributed by atoms with van der Waals surface area (Å²) in [6.07, 6.45) is 3.77. The third-order valence-electron chi connectivity index (χ3n) is 3.39. The average molecular weight is 276 g/mol. The molecule has 0 saturated heterocycles. The van der Waals surface area contributed by atoms with Crippen LogP contribution in [-0.4, -0.2) is 27.8 Å². The molecule has 2 rings (SSSR count). The second kappa shape index (κ2) is 6.15. The fourth-order valence-electron chi connectivity index (χ4n) is 2.58. The summed E-state index contributed by atoms with van der Waals surface area (Å²) in [5.41, 5.74) is 7.78. The normalized spacial score (nSPS) is 14.5. The van der Waals surface area contributed by atoms with Crippen molar-refractivity contribution in [3.8, 4) is 0 Å². The maximum atomic E-state index is 14.0. The maximum absolute atomic E-state index is 14.0. The monoisotopic (exact) mass is 276 g/mol. The smallest absolute Gasteiger partial charge is 0.128 e. The quantitative estimate of drug-likeness (QED) is 0.909. The molecule has 0 aliphatic heterocycles. The molecule has 1 heterocycles. The first kappa shape index (κ1) is 14.7. The zero-order valence-electron chi connectivity index (χ0n) is 12.1. The zero-order chi connectivity index (χ0) is 14.7. The number of nitrogens with two attached hydrogens (primary N) is 1. The minimum atomic E-state index is -0.215. The van der Waals surface area contributed by atoms with Gasteiger partial charge in [0.1, 0.15) is 5.82 Å². The Bertz CT molecular complexity index is 565. The molecule has 2 unspecified atom stereocenters. The second-order valence-corrected chi connectivity index (χ2v) is 5.26. The van der Waals surface area contributed by atoms with Gasteiger partial charge in [-0.25, -0.2) is 4.39 Å². The van der Waals surface area contributed by atoms with Gasteiger partial charge in [0, 0.05) is 37.0 Å². The molecular formula is C15H21FN4. The van der Waals surface area contributed by atoms with Crippen LogP contribution in [-0.2, 0) is 13.6 Å². The van der Waals surface area contributed by atoms with Gasteiger partial charge >= 0.3 is 0 Å². The molecule has 2 atom stereocenters. The molecule has 4 nitrogen and oxygen atoms in total. The number of hydrogen-bond donors (Lipinski definition) is 1. The van der Waals surface area contributed by atoms with Crippen molar-refractivity contribution in [1.82, 2.24) is 14.7 Å². The fourth-order valence-corrected chi connectivity index (χ4v) is 2.58. The van der Waals surface area contributed by atoms with Crippen LogP contribution in [0.2, 0.25) is 0 Å². The van der Waals surface area contributed by atoms with Crippen molar-refractivity contribution in [3.63, 3.8) is 0 Å². The fraction of sp³-hybridized carbons (Fsp3) is 0.400. The van der Waals surface area contributed by atoms with E-state index in [1.807, 2.05) is 39.5 Å². The van der Waals surface area contributed by atoms with E-state index >= 15 is 0 Å². The van der Waals surface area contributed by atoms with Gasteiger partial charge in [0.2, 0.25) is 0 Å². The Labute approximate surface area is 119 Å². The highest BCUT2D eigenvalue weighted by Crippen LogP contribution is 2.26. The highest BCUT2D eigenvalue weighted by atomic mass is 19.1. The summed E-state index contributed by atoms with van der Waals surface area (Å²) < 4.78 is 15.8.